The van der Waals surface area contributed by atoms with Crippen LogP contribution in [0.2, 0.25) is 0 Å². The predicted molar refractivity (Wildman–Crippen MR) is 97.5 cm³/mol. The molecule has 1 saturated heterocycles. The molecule has 2 aromatic heterocycles. The summed E-state index contributed by atoms with van der Waals surface area (Å²) in [6.07, 6.45) is 4.84. The third-order valence-corrected chi connectivity index (χ3v) is 5.71. The van der Waals surface area contributed by atoms with Crippen LogP contribution in [-0.2, 0) is 17.2 Å². The van der Waals surface area contributed by atoms with Crippen LogP contribution in [0.15, 0.2) is 10.6 Å². The summed E-state index contributed by atoms with van der Waals surface area (Å²) in [7, 11) is 3.51. The number of carbonyl (C=O) groups excluding carboxylic acids is 1. The normalized spacial score (nSPS) is 23.0. The third kappa shape index (κ3) is 3.50. The summed E-state index contributed by atoms with van der Waals surface area (Å²) in [6.45, 7) is 3.79. The number of methoxy groups -OCH3 is 1. The molecule has 0 N–H and O–H groups in total. The van der Waals surface area contributed by atoms with Crippen LogP contribution in [0.3, 0.4) is 0 Å². The van der Waals surface area contributed by atoms with Crippen LogP contribution in [0.1, 0.15) is 65.9 Å². The standard InChI is InChI=1S/C19H27N5O3/c1-13-11-15(23(2)21-13)17(25)24-9-4-7-19(12-24,8-10-26-3)18-20-16(27-22-18)14-5-6-14/h11,14H,4-10,12H2,1-3H3. The van der Waals surface area contributed by atoms with Crippen molar-refractivity contribution in [3.8, 4) is 0 Å². The van der Waals surface area contributed by atoms with Gasteiger partial charge in [-0.1, -0.05) is 5.16 Å². The molecule has 27 heavy (non-hydrogen) atoms. The van der Waals surface area contributed by atoms with Crippen LogP contribution in [0, 0.1) is 6.92 Å². The van der Waals surface area contributed by atoms with Gasteiger partial charge in [0, 0.05) is 39.8 Å². The van der Waals surface area contributed by atoms with Crippen LogP contribution in [0.4, 0.5) is 0 Å². The van der Waals surface area contributed by atoms with E-state index in [0.29, 0.717) is 24.8 Å². The van der Waals surface area contributed by atoms with Crippen molar-refractivity contribution >= 4 is 5.91 Å². The zero-order valence-corrected chi connectivity index (χ0v) is 16.3. The minimum absolute atomic E-state index is 0.00510. The van der Waals surface area contributed by atoms with E-state index in [2.05, 4.69) is 10.3 Å². The van der Waals surface area contributed by atoms with Gasteiger partial charge in [0.1, 0.15) is 5.69 Å². The number of hydrogen-bond acceptors (Lipinski definition) is 6. The highest BCUT2D eigenvalue weighted by molar-refractivity contribution is 5.92. The summed E-state index contributed by atoms with van der Waals surface area (Å²) >= 11 is 0. The highest BCUT2D eigenvalue weighted by Gasteiger charge is 2.43. The lowest BCUT2D eigenvalue weighted by molar-refractivity contribution is 0.0557. The first-order chi connectivity index (χ1) is 13.0. The molecule has 0 aromatic carbocycles. The number of piperidine rings is 1. The van der Waals surface area contributed by atoms with Crippen molar-refractivity contribution < 1.29 is 14.1 Å². The topological polar surface area (TPSA) is 86.3 Å². The summed E-state index contributed by atoms with van der Waals surface area (Å²) < 4.78 is 12.5. The molecule has 146 valence electrons. The summed E-state index contributed by atoms with van der Waals surface area (Å²) in [4.78, 5) is 19.7. The van der Waals surface area contributed by atoms with Gasteiger partial charge in [-0.3, -0.25) is 9.48 Å². The minimum Gasteiger partial charge on any atom is -0.385 e. The number of hydrogen-bond donors (Lipinski definition) is 0. The molecule has 0 bridgehead atoms. The fourth-order valence-electron chi connectivity index (χ4n) is 4.02. The van der Waals surface area contributed by atoms with Gasteiger partial charge in [0.25, 0.3) is 5.91 Å². The number of aromatic nitrogens is 4. The van der Waals surface area contributed by atoms with E-state index >= 15 is 0 Å². The molecule has 1 aliphatic heterocycles. The van der Waals surface area contributed by atoms with Crippen LogP contribution >= 0.6 is 0 Å². The van der Waals surface area contributed by atoms with Gasteiger partial charge in [-0.25, -0.2) is 0 Å². The van der Waals surface area contributed by atoms with Crippen LogP contribution in [0.25, 0.3) is 0 Å². The van der Waals surface area contributed by atoms with Crippen molar-refractivity contribution in [2.24, 2.45) is 7.05 Å². The number of ether oxygens (including phenoxy) is 1. The fourth-order valence-corrected chi connectivity index (χ4v) is 4.02. The Labute approximate surface area is 158 Å². The largest absolute Gasteiger partial charge is 0.385 e. The van der Waals surface area contributed by atoms with Gasteiger partial charge in [-0.15, -0.1) is 0 Å². The molecular formula is C19H27N5O3. The molecule has 1 atom stereocenters. The average molecular weight is 373 g/mol. The molecule has 2 fully saturated rings. The van der Waals surface area contributed by atoms with Gasteiger partial charge in [0.2, 0.25) is 5.89 Å². The van der Waals surface area contributed by atoms with Crippen LogP contribution in [-0.4, -0.2) is 57.5 Å². The lowest BCUT2D eigenvalue weighted by Crippen LogP contribution is -2.50. The number of amides is 1. The Morgan fingerprint density at radius 3 is 2.93 bits per heavy atom. The summed E-state index contributed by atoms with van der Waals surface area (Å²) in [5.74, 6) is 1.89. The molecule has 1 aliphatic carbocycles. The molecule has 0 spiro atoms. The first kappa shape index (κ1) is 18.2. The minimum atomic E-state index is -0.325. The zero-order chi connectivity index (χ0) is 19.0. The molecule has 8 nitrogen and oxygen atoms in total. The van der Waals surface area contributed by atoms with Crippen molar-refractivity contribution in [2.75, 3.05) is 26.8 Å². The number of rotatable bonds is 6. The highest BCUT2D eigenvalue weighted by atomic mass is 16.5. The summed E-state index contributed by atoms with van der Waals surface area (Å²) in [5.41, 5.74) is 1.13. The van der Waals surface area contributed by atoms with Gasteiger partial charge in [0.15, 0.2) is 5.82 Å². The van der Waals surface area contributed by atoms with Crippen molar-refractivity contribution in [2.45, 2.75) is 50.4 Å². The molecule has 2 aliphatic rings. The van der Waals surface area contributed by atoms with E-state index in [4.69, 9.17) is 14.2 Å². The van der Waals surface area contributed by atoms with Gasteiger partial charge in [-0.2, -0.15) is 10.1 Å². The second-order valence-corrected chi connectivity index (χ2v) is 7.88. The Balaban J connectivity index is 1.60. The first-order valence-corrected chi connectivity index (χ1v) is 9.65. The highest BCUT2D eigenvalue weighted by Crippen LogP contribution is 2.41. The molecule has 1 saturated carbocycles. The summed E-state index contributed by atoms with van der Waals surface area (Å²) in [6, 6.07) is 1.84. The van der Waals surface area contributed by atoms with E-state index in [0.717, 1.165) is 56.1 Å². The van der Waals surface area contributed by atoms with E-state index in [1.807, 2.05) is 24.9 Å². The van der Waals surface area contributed by atoms with Crippen LogP contribution < -0.4 is 0 Å². The quantitative estimate of drug-likeness (QED) is 0.772. The lowest BCUT2D eigenvalue weighted by Gasteiger charge is -2.40. The number of likely N-dealkylation sites (tertiary alicyclic amines) is 1. The molecule has 2 aromatic rings. The SMILES string of the molecule is COCCC1(c2noc(C3CC3)n2)CCCN(C(=O)c2cc(C)nn2C)C1. The van der Waals surface area contributed by atoms with Gasteiger partial charge < -0.3 is 14.2 Å². The maximum Gasteiger partial charge on any atom is 0.272 e. The van der Waals surface area contributed by atoms with Gasteiger partial charge >= 0.3 is 0 Å². The van der Waals surface area contributed by atoms with Crippen molar-refractivity contribution in [3.63, 3.8) is 0 Å². The Hall–Kier alpha value is -2.22. The molecule has 4 rings (SSSR count). The van der Waals surface area contributed by atoms with E-state index < -0.39 is 0 Å². The third-order valence-electron chi connectivity index (χ3n) is 5.71. The first-order valence-electron chi connectivity index (χ1n) is 9.65. The van der Waals surface area contributed by atoms with E-state index in [1.54, 1.807) is 11.8 Å². The lowest BCUT2D eigenvalue weighted by atomic mass is 9.76. The molecule has 1 unspecified atom stereocenters. The predicted octanol–water partition coefficient (Wildman–Crippen LogP) is 2.20. The van der Waals surface area contributed by atoms with Gasteiger partial charge in [-0.05, 0) is 45.1 Å². The van der Waals surface area contributed by atoms with E-state index in [-0.39, 0.29) is 11.3 Å². The van der Waals surface area contributed by atoms with Gasteiger partial charge in [0.05, 0.1) is 11.1 Å². The zero-order valence-electron chi connectivity index (χ0n) is 16.3. The Morgan fingerprint density at radius 2 is 2.26 bits per heavy atom. The smallest absolute Gasteiger partial charge is 0.272 e. The average Bonchev–Trinajstić information content (AvgIpc) is 3.29. The molecule has 0 radical (unpaired) electrons. The van der Waals surface area contributed by atoms with E-state index in [1.165, 1.54) is 0 Å². The van der Waals surface area contributed by atoms with Crippen molar-refractivity contribution in [3.05, 3.63) is 29.2 Å². The van der Waals surface area contributed by atoms with E-state index in [9.17, 15) is 4.79 Å². The maximum atomic E-state index is 13.1. The molecule has 1 amide bonds. The Morgan fingerprint density at radius 1 is 1.44 bits per heavy atom. The number of nitrogens with zero attached hydrogens (tertiary/aromatic N) is 5. The molecule has 8 heteroatoms. The Bertz CT molecular complexity index is 825. The van der Waals surface area contributed by atoms with Crippen molar-refractivity contribution in [1.29, 1.82) is 0 Å². The fraction of sp³-hybridized carbons (Fsp3) is 0.684. The molecule has 3 heterocycles. The maximum absolute atomic E-state index is 13.1. The van der Waals surface area contributed by atoms with Crippen LogP contribution in [0.5, 0.6) is 0 Å². The number of carbonyl (C=O) groups is 1. The summed E-state index contributed by atoms with van der Waals surface area (Å²) in [5, 5.41) is 8.63. The second kappa shape index (κ2) is 7.07. The number of aryl methyl sites for hydroxylation is 2. The Kier molecular flexibility index (Phi) is 4.75. The molecular weight excluding hydrogens is 346 g/mol. The second-order valence-electron chi connectivity index (χ2n) is 7.88. The monoisotopic (exact) mass is 373 g/mol. The van der Waals surface area contributed by atoms with Crippen molar-refractivity contribution in [1.82, 2.24) is 24.8 Å².